The van der Waals surface area contributed by atoms with Crippen LogP contribution in [-0.2, 0) is 18.1 Å². The van der Waals surface area contributed by atoms with Gasteiger partial charge in [0.2, 0.25) is 0 Å². The first-order valence-electron chi connectivity index (χ1n) is 16.3. The lowest BCUT2D eigenvalue weighted by Gasteiger charge is -2.37. The zero-order valence-corrected chi connectivity index (χ0v) is 27.9. The number of aromatic nitrogens is 8. The number of tetrazole rings is 1. The Kier molecular flexibility index (Phi) is 9.52. The van der Waals surface area contributed by atoms with Crippen molar-refractivity contribution in [2.24, 2.45) is 0 Å². The van der Waals surface area contributed by atoms with E-state index in [1.54, 1.807) is 12.1 Å². The molecule has 4 heterocycles. The van der Waals surface area contributed by atoms with Crippen LogP contribution in [0.3, 0.4) is 0 Å². The van der Waals surface area contributed by atoms with Crippen molar-refractivity contribution in [3.05, 3.63) is 126 Å². The van der Waals surface area contributed by atoms with Crippen LogP contribution >= 0.6 is 0 Å². The zero-order chi connectivity index (χ0) is 38.3. The molecule has 2 N–H and O–H groups in total. The second-order valence-electron chi connectivity index (χ2n) is 12.6. The Morgan fingerprint density at radius 1 is 0.741 bits per heavy atom. The van der Waals surface area contributed by atoms with Crippen LogP contribution in [0.25, 0.3) is 16.8 Å². The Labute approximate surface area is 301 Å². The van der Waals surface area contributed by atoms with E-state index < -0.39 is 58.9 Å². The minimum absolute atomic E-state index is 0.399. The molecule has 0 saturated carbocycles. The molecule has 19 heteroatoms. The Hall–Kier alpha value is -5.95. The second kappa shape index (κ2) is 14.1. The summed E-state index contributed by atoms with van der Waals surface area (Å²) in [7, 11) is 0. The summed E-state index contributed by atoms with van der Waals surface area (Å²) in [6, 6.07) is 18.8. The molecule has 2 atom stereocenters. The first-order valence-corrected chi connectivity index (χ1v) is 16.3. The van der Waals surface area contributed by atoms with Crippen LogP contribution in [0.4, 0.5) is 42.1 Å². The minimum atomic E-state index is -4.85. The first-order chi connectivity index (χ1) is 25.7. The molecule has 0 aliphatic carbocycles. The highest BCUT2D eigenvalue weighted by atomic mass is 19.4. The van der Waals surface area contributed by atoms with E-state index in [1.165, 1.54) is 12.3 Å². The standard InChI is InChI=1S/C35H29F7N10O2/c36-24-4-11-28(29(37)17-24)33(54,20-51-21-44-46-48-51)34(38,39)31-12-3-23(18-43-31)22-1-5-25(6-2-22)49-13-15-50(16-14-49)26-7-9-27(10-8-26)52-19-30(45-47-52)32(53)35(40,41)42/h1-12,17-19,21,32,53-54H,13-16,20H2/t32-,33+/m1/s1. The number of halogens is 7. The average molecular weight is 755 g/mol. The predicted octanol–water partition coefficient (Wildman–Crippen LogP) is 5.20. The number of benzene rings is 3. The second-order valence-corrected chi connectivity index (χ2v) is 12.6. The molecule has 1 aliphatic rings. The molecular formula is C35H29F7N10O2. The van der Waals surface area contributed by atoms with Gasteiger partial charge in [-0.05, 0) is 70.6 Å². The molecule has 280 valence electrons. The van der Waals surface area contributed by atoms with Crippen LogP contribution in [0.2, 0.25) is 0 Å². The quantitative estimate of drug-likeness (QED) is 0.180. The third-order valence-electron chi connectivity index (χ3n) is 9.19. The maximum Gasteiger partial charge on any atom is 0.420 e. The van der Waals surface area contributed by atoms with Crippen LogP contribution in [-0.4, -0.2) is 82.8 Å². The van der Waals surface area contributed by atoms with Crippen molar-refractivity contribution in [2.45, 2.75) is 30.3 Å². The maximum absolute atomic E-state index is 16.1. The minimum Gasteiger partial charge on any atom is -0.378 e. The van der Waals surface area contributed by atoms with E-state index in [9.17, 15) is 32.2 Å². The van der Waals surface area contributed by atoms with Crippen molar-refractivity contribution in [1.29, 1.82) is 0 Å². The largest absolute Gasteiger partial charge is 0.420 e. The van der Waals surface area contributed by atoms with E-state index in [-0.39, 0.29) is 0 Å². The van der Waals surface area contributed by atoms with Crippen LogP contribution in [0.15, 0.2) is 97.6 Å². The lowest BCUT2D eigenvalue weighted by molar-refractivity contribution is -0.208. The third kappa shape index (κ3) is 7.06. The van der Waals surface area contributed by atoms with Gasteiger partial charge in [0.15, 0.2) is 11.7 Å². The van der Waals surface area contributed by atoms with Crippen LogP contribution in [0.1, 0.15) is 23.1 Å². The van der Waals surface area contributed by atoms with E-state index in [2.05, 4.69) is 40.6 Å². The molecule has 1 saturated heterocycles. The number of hydrogen-bond acceptors (Lipinski definition) is 10. The van der Waals surface area contributed by atoms with Gasteiger partial charge in [-0.1, -0.05) is 23.4 Å². The Morgan fingerprint density at radius 3 is 1.91 bits per heavy atom. The van der Waals surface area contributed by atoms with Crippen LogP contribution < -0.4 is 9.80 Å². The lowest BCUT2D eigenvalue weighted by atomic mass is 9.84. The summed E-state index contributed by atoms with van der Waals surface area (Å²) in [4.78, 5) is 8.28. The molecule has 12 nitrogen and oxygen atoms in total. The summed E-state index contributed by atoms with van der Waals surface area (Å²) in [5.74, 6) is -6.57. The molecule has 54 heavy (non-hydrogen) atoms. The Balaban J connectivity index is 0.999. The number of aliphatic hydroxyl groups is 2. The highest BCUT2D eigenvalue weighted by Crippen LogP contribution is 2.47. The van der Waals surface area contributed by atoms with Crippen LogP contribution in [0, 0.1) is 11.6 Å². The molecule has 6 aromatic rings. The molecule has 0 spiro atoms. The van der Waals surface area contributed by atoms with Gasteiger partial charge in [-0.15, -0.1) is 10.2 Å². The molecule has 3 aromatic carbocycles. The molecular weight excluding hydrogens is 725 g/mol. The smallest absolute Gasteiger partial charge is 0.378 e. The van der Waals surface area contributed by atoms with Gasteiger partial charge >= 0.3 is 12.1 Å². The van der Waals surface area contributed by atoms with Gasteiger partial charge in [-0.25, -0.2) is 18.1 Å². The Morgan fingerprint density at radius 2 is 1.35 bits per heavy atom. The molecule has 1 aliphatic heterocycles. The molecule has 7 rings (SSSR count). The summed E-state index contributed by atoms with van der Waals surface area (Å²) in [5.41, 5.74) is -2.07. The highest BCUT2D eigenvalue weighted by molar-refractivity contribution is 5.66. The number of hydrogen-bond donors (Lipinski definition) is 2. The Bertz CT molecular complexity index is 2190. The zero-order valence-electron chi connectivity index (χ0n) is 27.9. The lowest BCUT2D eigenvalue weighted by Crippen LogP contribution is -2.48. The van der Waals surface area contributed by atoms with E-state index in [1.807, 2.05) is 36.4 Å². The van der Waals surface area contributed by atoms with Gasteiger partial charge in [0.05, 0.1) is 18.4 Å². The molecule has 1 fully saturated rings. The summed E-state index contributed by atoms with van der Waals surface area (Å²) in [6.45, 7) is 1.74. The van der Waals surface area contributed by atoms with E-state index in [0.717, 1.165) is 51.5 Å². The fourth-order valence-electron chi connectivity index (χ4n) is 6.23. The first kappa shape index (κ1) is 36.4. The van der Waals surface area contributed by atoms with E-state index >= 15 is 8.78 Å². The monoisotopic (exact) mass is 754 g/mol. The fourth-order valence-corrected chi connectivity index (χ4v) is 6.23. The maximum atomic E-state index is 16.1. The third-order valence-corrected chi connectivity index (χ3v) is 9.19. The van der Waals surface area contributed by atoms with Crippen molar-refractivity contribution in [3.63, 3.8) is 0 Å². The molecule has 0 unspecified atom stereocenters. The average Bonchev–Trinajstić information content (AvgIpc) is 3.87. The van der Waals surface area contributed by atoms with Crippen molar-refractivity contribution in [3.8, 4) is 16.8 Å². The summed E-state index contributed by atoms with van der Waals surface area (Å²) < 4.78 is 101. The van der Waals surface area contributed by atoms with Crippen molar-refractivity contribution >= 4 is 11.4 Å². The van der Waals surface area contributed by atoms with Gasteiger partial charge in [-0.3, -0.25) is 4.98 Å². The van der Waals surface area contributed by atoms with E-state index in [0.29, 0.717) is 49.1 Å². The van der Waals surface area contributed by atoms with Gasteiger partial charge in [0, 0.05) is 60.9 Å². The van der Waals surface area contributed by atoms with E-state index in [4.69, 9.17) is 0 Å². The topological polar surface area (TPSA) is 134 Å². The summed E-state index contributed by atoms with van der Waals surface area (Å²) in [6.07, 6.45) is -4.35. The molecule has 0 amide bonds. The summed E-state index contributed by atoms with van der Waals surface area (Å²) in [5, 5.41) is 38.2. The fraction of sp³-hybridized carbons (Fsp3) is 0.257. The van der Waals surface area contributed by atoms with Crippen molar-refractivity contribution in [1.82, 2.24) is 40.2 Å². The number of rotatable bonds is 10. The van der Waals surface area contributed by atoms with Gasteiger partial charge in [0.1, 0.15) is 29.3 Å². The van der Waals surface area contributed by atoms with Gasteiger partial charge in [-0.2, -0.15) is 22.0 Å². The molecule has 0 radical (unpaired) electrons. The van der Waals surface area contributed by atoms with Gasteiger partial charge in [0.25, 0.3) is 0 Å². The predicted molar refractivity (Wildman–Crippen MR) is 178 cm³/mol. The highest BCUT2D eigenvalue weighted by Gasteiger charge is 2.58. The molecule has 0 bridgehead atoms. The number of alkyl halides is 5. The normalized spacial score (nSPS) is 15.6. The number of pyridine rings is 1. The summed E-state index contributed by atoms with van der Waals surface area (Å²) >= 11 is 0. The number of aliphatic hydroxyl groups excluding tert-OH is 1. The van der Waals surface area contributed by atoms with Crippen LogP contribution in [0.5, 0.6) is 0 Å². The number of piperazine rings is 1. The van der Waals surface area contributed by atoms with Crippen molar-refractivity contribution < 1.29 is 40.9 Å². The number of anilines is 2. The number of nitrogens with zero attached hydrogens (tertiary/aromatic N) is 10. The van der Waals surface area contributed by atoms with Gasteiger partial charge < -0.3 is 20.0 Å². The SMILES string of the molecule is O[C@H](c1cn(-c2ccc(N3CCN(c4ccc(-c5ccc(C(F)(F)[C@](O)(Cn6cnnn6)c6ccc(F)cc6F)nc5)cc4)CC3)cc2)nn1)C(F)(F)F. The van der Waals surface area contributed by atoms with Crippen molar-refractivity contribution in [2.75, 3.05) is 36.0 Å². The molecule has 3 aromatic heterocycles.